The van der Waals surface area contributed by atoms with Crippen LogP contribution in [0.25, 0.3) is 0 Å². The fraction of sp³-hybridized carbons (Fsp3) is 0.579. The van der Waals surface area contributed by atoms with Crippen molar-refractivity contribution in [1.82, 2.24) is 4.90 Å². The molecular weight excluding hydrogens is 322 g/mol. The largest absolute Gasteiger partial charge is 0.466 e. The summed E-state index contributed by atoms with van der Waals surface area (Å²) in [5, 5.41) is 0. The van der Waals surface area contributed by atoms with Crippen molar-refractivity contribution in [2.24, 2.45) is 5.92 Å². The number of rotatable bonds is 5. The number of piperidine rings is 1. The number of hydrogen-bond acceptors (Lipinski definition) is 4. The number of likely N-dealkylation sites (tertiary alicyclic amines) is 1. The molecule has 0 spiro atoms. The maximum Gasteiger partial charge on any atom is 0.309 e. The number of carbonyl (C=O) groups excluding carboxylic acids is 2. The lowest BCUT2D eigenvalue weighted by Crippen LogP contribution is -2.41. The molecule has 0 N–H and O–H groups in total. The van der Waals surface area contributed by atoms with E-state index in [2.05, 4.69) is 18.2 Å². The molecule has 1 amide bonds. The average Bonchev–Trinajstić information content (AvgIpc) is 3.07. The van der Waals surface area contributed by atoms with Gasteiger partial charge in [-0.1, -0.05) is 6.07 Å². The number of thioether (sulfide) groups is 1. The number of fused-ring (bicyclic) bond motifs is 1. The number of ether oxygens (including phenoxy) is 1. The maximum atomic E-state index is 12.4. The lowest BCUT2D eigenvalue weighted by atomic mass is 9.97. The van der Waals surface area contributed by atoms with E-state index in [9.17, 15) is 9.59 Å². The monoisotopic (exact) mass is 347 g/mol. The lowest BCUT2D eigenvalue weighted by molar-refractivity contribution is -0.151. The van der Waals surface area contributed by atoms with Gasteiger partial charge in [-0.15, -0.1) is 11.8 Å². The van der Waals surface area contributed by atoms with Gasteiger partial charge in [-0.05, 0) is 62.3 Å². The van der Waals surface area contributed by atoms with E-state index in [1.54, 1.807) is 11.8 Å². The number of hydrogen-bond donors (Lipinski definition) is 0. The van der Waals surface area contributed by atoms with Crippen LogP contribution in [-0.4, -0.2) is 42.2 Å². The Hall–Kier alpha value is -1.49. The molecule has 0 atom stereocenters. The van der Waals surface area contributed by atoms with Crippen molar-refractivity contribution in [3.05, 3.63) is 29.3 Å². The molecule has 2 aliphatic rings. The minimum absolute atomic E-state index is 0.0432. The first kappa shape index (κ1) is 17.3. The molecule has 5 heteroatoms. The van der Waals surface area contributed by atoms with Crippen LogP contribution in [0.4, 0.5) is 0 Å². The fourth-order valence-corrected chi connectivity index (χ4v) is 4.36. The molecule has 1 heterocycles. The van der Waals surface area contributed by atoms with Crippen LogP contribution in [0.2, 0.25) is 0 Å². The average molecular weight is 347 g/mol. The summed E-state index contributed by atoms with van der Waals surface area (Å²) in [4.78, 5) is 27.2. The molecule has 1 saturated heterocycles. The van der Waals surface area contributed by atoms with Crippen molar-refractivity contribution in [2.75, 3.05) is 25.4 Å². The molecule has 0 bridgehead atoms. The first-order chi connectivity index (χ1) is 11.7. The summed E-state index contributed by atoms with van der Waals surface area (Å²) in [6.07, 6.45) is 5.04. The Balaban J connectivity index is 1.45. The Morgan fingerprint density at radius 1 is 1.21 bits per heavy atom. The molecule has 0 radical (unpaired) electrons. The van der Waals surface area contributed by atoms with Crippen molar-refractivity contribution in [3.8, 4) is 0 Å². The summed E-state index contributed by atoms with van der Waals surface area (Å²) in [6.45, 7) is 3.57. The van der Waals surface area contributed by atoms with Gasteiger partial charge in [-0.2, -0.15) is 0 Å². The fourth-order valence-electron chi connectivity index (χ4n) is 3.50. The van der Waals surface area contributed by atoms with E-state index in [1.807, 2.05) is 11.8 Å². The second kappa shape index (κ2) is 8.06. The number of amides is 1. The molecule has 1 aliphatic carbocycles. The number of esters is 1. The van der Waals surface area contributed by atoms with E-state index >= 15 is 0 Å². The highest BCUT2D eigenvalue weighted by Crippen LogP contribution is 2.28. The van der Waals surface area contributed by atoms with E-state index in [1.165, 1.54) is 35.3 Å². The Morgan fingerprint density at radius 2 is 1.96 bits per heavy atom. The van der Waals surface area contributed by atoms with Crippen LogP contribution in [0.15, 0.2) is 23.1 Å². The number of aryl methyl sites for hydroxylation is 2. The Bertz CT molecular complexity index is 609. The molecule has 3 rings (SSSR count). The van der Waals surface area contributed by atoms with Gasteiger partial charge in [0, 0.05) is 18.0 Å². The SMILES string of the molecule is CCOC(=O)C1CCN(C(=O)CSc2ccc3c(c2)CCC3)CC1. The van der Waals surface area contributed by atoms with E-state index in [4.69, 9.17) is 4.74 Å². The summed E-state index contributed by atoms with van der Waals surface area (Å²) in [5.74, 6) is 0.487. The molecule has 1 fully saturated rings. The molecule has 24 heavy (non-hydrogen) atoms. The van der Waals surface area contributed by atoms with Gasteiger partial charge in [-0.25, -0.2) is 0 Å². The van der Waals surface area contributed by atoms with Crippen molar-refractivity contribution in [2.45, 2.75) is 43.9 Å². The van der Waals surface area contributed by atoms with Crippen LogP contribution < -0.4 is 0 Å². The van der Waals surface area contributed by atoms with Gasteiger partial charge < -0.3 is 9.64 Å². The van der Waals surface area contributed by atoms with E-state index in [0.717, 1.165) is 0 Å². The number of carbonyl (C=O) groups is 2. The molecule has 130 valence electrons. The Morgan fingerprint density at radius 3 is 2.71 bits per heavy atom. The minimum atomic E-state index is -0.114. The molecule has 1 aromatic carbocycles. The molecule has 4 nitrogen and oxygen atoms in total. The topological polar surface area (TPSA) is 46.6 Å². The summed E-state index contributed by atoms with van der Waals surface area (Å²) in [6, 6.07) is 6.59. The third kappa shape index (κ3) is 4.12. The third-order valence-electron chi connectivity index (χ3n) is 4.90. The highest BCUT2D eigenvalue weighted by molar-refractivity contribution is 8.00. The molecule has 0 unspecified atom stereocenters. The summed E-state index contributed by atoms with van der Waals surface area (Å²) in [5.41, 5.74) is 2.91. The number of benzene rings is 1. The minimum Gasteiger partial charge on any atom is -0.466 e. The molecule has 0 saturated carbocycles. The lowest BCUT2D eigenvalue weighted by Gasteiger charge is -2.30. The number of nitrogens with zero attached hydrogens (tertiary/aromatic N) is 1. The van der Waals surface area contributed by atoms with Crippen LogP contribution in [0.1, 0.15) is 37.3 Å². The smallest absolute Gasteiger partial charge is 0.309 e. The first-order valence-corrected chi connectivity index (χ1v) is 9.85. The standard InChI is InChI=1S/C19H25NO3S/c1-2-23-19(22)15-8-10-20(11-9-15)18(21)13-24-17-7-6-14-4-3-5-16(14)12-17/h6-7,12,15H,2-5,8-11,13H2,1H3. The predicted molar refractivity (Wildman–Crippen MR) is 95.1 cm³/mol. The zero-order valence-corrected chi connectivity index (χ0v) is 15.1. The highest BCUT2D eigenvalue weighted by Gasteiger charge is 2.28. The zero-order chi connectivity index (χ0) is 16.9. The van der Waals surface area contributed by atoms with Crippen LogP contribution in [0.5, 0.6) is 0 Å². The van der Waals surface area contributed by atoms with Gasteiger partial charge in [-0.3, -0.25) is 9.59 Å². The predicted octanol–water partition coefficient (Wildman–Crippen LogP) is 3.07. The quantitative estimate of drug-likeness (QED) is 0.607. The highest BCUT2D eigenvalue weighted by atomic mass is 32.2. The first-order valence-electron chi connectivity index (χ1n) is 8.86. The normalized spacial score (nSPS) is 17.6. The molecule has 1 aromatic rings. The maximum absolute atomic E-state index is 12.4. The van der Waals surface area contributed by atoms with Gasteiger partial charge in [0.05, 0.1) is 18.3 Å². The van der Waals surface area contributed by atoms with E-state index in [0.29, 0.717) is 38.3 Å². The van der Waals surface area contributed by atoms with Gasteiger partial charge in [0.15, 0.2) is 0 Å². The van der Waals surface area contributed by atoms with Crippen molar-refractivity contribution >= 4 is 23.6 Å². The van der Waals surface area contributed by atoms with Gasteiger partial charge in [0.2, 0.25) is 5.91 Å². The van der Waals surface area contributed by atoms with Gasteiger partial charge >= 0.3 is 5.97 Å². The molecule has 0 aromatic heterocycles. The van der Waals surface area contributed by atoms with E-state index in [-0.39, 0.29) is 17.8 Å². The van der Waals surface area contributed by atoms with Crippen LogP contribution in [0, 0.1) is 5.92 Å². The third-order valence-corrected chi connectivity index (χ3v) is 5.88. The zero-order valence-electron chi connectivity index (χ0n) is 14.3. The van der Waals surface area contributed by atoms with Crippen LogP contribution in [0.3, 0.4) is 0 Å². The van der Waals surface area contributed by atoms with Crippen molar-refractivity contribution in [1.29, 1.82) is 0 Å². The van der Waals surface area contributed by atoms with Crippen LogP contribution >= 0.6 is 11.8 Å². The van der Waals surface area contributed by atoms with Crippen molar-refractivity contribution in [3.63, 3.8) is 0 Å². The molecular formula is C19H25NO3S. The van der Waals surface area contributed by atoms with Crippen LogP contribution in [-0.2, 0) is 27.2 Å². The second-order valence-electron chi connectivity index (χ2n) is 6.48. The summed E-state index contributed by atoms with van der Waals surface area (Å²) < 4.78 is 5.07. The van der Waals surface area contributed by atoms with E-state index < -0.39 is 0 Å². The van der Waals surface area contributed by atoms with Crippen molar-refractivity contribution < 1.29 is 14.3 Å². The summed E-state index contributed by atoms with van der Waals surface area (Å²) in [7, 11) is 0. The van der Waals surface area contributed by atoms with Gasteiger partial charge in [0.1, 0.15) is 0 Å². The Labute approximate surface area is 147 Å². The Kier molecular flexibility index (Phi) is 5.82. The summed E-state index contributed by atoms with van der Waals surface area (Å²) >= 11 is 1.62. The second-order valence-corrected chi connectivity index (χ2v) is 7.53. The molecule has 1 aliphatic heterocycles. The van der Waals surface area contributed by atoms with Gasteiger partial charge in [0.25, 0.3) is 0 Å².